The standard InChI is InChI=1S/C36H48N6O5/c1-7-28(24-12-17-37-18-13-24)34(41(3)35(43)26-22-30(44-4)33(46-6)31(23-26)45-5)42-19-14-27(15-20-42)38-36-39-29-11-9-10-25(32(29)40-36)16-21-47-8-2/h9-13,17-18,22-23,27-28,34H,7-8,14-16,19-21H2,1-6H3,(H2,38,39,40). The van der Waals surface area contributed by atoms with Gasteiger partial charge in [0.25, 0.3) is 5.91 Å². The van der Waals surface area contributed by atoms with Crippen molar-refractivity contribution in [1.82, 2.24) is 24.8 Å². The molecular weight excluding hydrogens is 596 g/mol. The minimum Gasteiger partial charge on any atom is -0.493 e. The van der Waals surface area contributed by atoms with Crippen LogP contribution in [0.4, 0.5) is 5.95 Å². The Morgan fingerprint density at radius 3 is 2.36 bits per heavy atom. The van der Waals surface area contributed by atoms with Crippen LogP contribution in [-0.4, -0.2) is 97.5 Å². The largest absolute Gasteiger partial charge is 0.493 e. The number of aromatic nitrogens is 3. The van der Waals surface area contributed by atoms with Gasteiger partial charge < -0.3 is 34.1 Å². The predicted molar refractivity (Wildman–Crippen MR) is 184 cm³/mol. The molecule has 3 heterocycles. The summed E-state index contributed by atoms with van der Waals surface area (Å²) in [4.78, 5) is 31.2. The molecule has 0 bridgehead atoms. The molecule has 1 amide bonds. The van der Waals surface area contributed by atoms with Crippen LogP contribution in [0.3, 0.4) is 0 Å². The second kappa shape index (κ2) is 16.0. The number of nitrogens with one attached hydrogen (secondary N) is 2. The normalized spacial score (nSPS) is 15.3. The molecule has 11 nitrogen and oxygen atoms in total. The lowest BCUT2D eigenvalue weighted by atomic mass is 9.90. The number of aromatic amines is 1. The monoisotopic (exact) mass is 644 g/mol. The van der Waals surface area contributed by atoms with Crippen LogP contribution in [0, 0.1) is 0 Å². The summed E-state index contributed by atoms with van der Waals surface area (Å²) in [5.74, 6) is 2.08. The fraction of sp³-hybridized carbons (Fsp3) is 0.472. The Bertz CT molecular complexity index is 1580. The smallest absolute Gasteiger partial charge is 0.255 e. The molecule has 5 rings (SSSR count). The third-order valence-corrected chi connectivity index (χ3v) is 9.12. The Labute approximate surface area is 277 Å². The Morgan fingerprint density at radius 2 is 1.74 bits per heavy atom. The molecule has 252 valence electrons. The SMILES string of the molecule is CCOCCc1cccc2[nH]c(NC3CCN(C(C(CC)c4ccncc4)N(C)C(=O)c4cc(OC)c(OC)c(OC)c4)CC3)nc12. The molecule has 2 aromatic heterocycles. The highest BCUT2D eigenvalue weighted by molar-refractivity contribution is 5.95. The minimum atomic E-state index is -0.186. The van der Waals surface area contributed by atoms with Crippen molar-refractivity contribution in [3.05, 3.63) is 71.5 Å². The van der Waals surface area contributed by atoms with E-state index >= 15 is 0 Å². The third-order valence-electron chi connectivity index (χ3n) is 9.12. The maximum atomic E-state index is 14.2. The number of H-pyrrole nitrogens is 1. The fourth-order valence-corrected chi connectivity index (χ4v) is 6.72. The highest BCUT2D eigenvalue weighted by atomic mass is 16.5. The number of ether oxygens (including phenoxy) is 4. The molecular formula is C36H48N6O5. The highest BCUT2D eigenvalue weighted by Crippen LogP contribution is 2.39. The highest BCUT2D eigenvalue weighted by Gasteiger charge is 2.36. The first-order chi connectivity index (χ1) is 22.9. The zero-order valence-corrected chi connectivity index (χ0v) is 28.4. The zero-order valence-electron chi connectivity index (χ0n) is 28.4. The zero-order chi connectivity index (χ0) is 33.3. The number of methoxy groups -OCH3 is 3. The topological polar surface area (TPSA) is 114 Å². The molecule has 1 saturated heterocycles. The van der Waals surface area contributed by atoms with Gasteiger partial charge in [0.2, 0.25) is 11.7 Å². The lowest BCUT2D eigenvalue weighted by Crippen LogP contribution is -2.55. The van der Waals surface area contributed by atoms with E-state index < -0.39 is 0 Å². The van der Waals surface area contributed by atoms with Gasteiger partial charge in [-0.15, -0.1) is 0 Å². The minimum absolute atomic E-state index is 0.0731. The first-order valence-corrected chi connectivity index (χ1v) is 16.4. The van der Waals surface area contributed by atoms with E-state index in [0.717, 1.165) is 61.3 Å². The number of carbonyl (C=O) groups excluding carboxylic acids is 1. The van der Waals surface area contributed by atoms with Crippen LogP contribution < -0.4 is 19.5 Å². The number of fused-ring (bicyclic) bond motifs is 1. The number of likely N-dealkylation sites (N-methyl/N-ethyl adjacent to an activating group) is 1. The number of carbonyl (C=O) groups is 1. The second-order valence-electron chi connectivity index (χ2n) is 11.8. The number of para-hydroxylation sites is 1. The van der Waals surface area contributed by atoms with Crippen LogP contribution in [0.5, 0.6) is 17.2 Å². The van der Waals surface area contributed by atoms with Gasteiger partial charge in [-0.05, 0) is 74.1 Å². The van der Waals surface area contributed by atoms with Gasteiger partial charge in [-0.3, -0.25) is 14.7 Å². The average molecular weight is 645 g/mol. The van der Waals surface area contributed by atoms with E-state index in [1.807, 2.05) is 31.3 Å². The van der Waals surface area contributed by atoms with Gasteiger partial charge in [0, 0.05) is 56.7 Å². The van der Waals surface area contributed by atoms with E-state index in [-0.39, 0.29) is 24.0 Å². The van der Waals surface area contributed by atoms with Gasteiger partial charge in [0.1, 0.15) is 0 Å². The van der Waals surface area contributed by atoms with Crippen LogP contribution in [-0.2, 0) is 11.2 Å². The number of hydrogen-bond acceptors (Lipinski definition) is 9. The molecule has 1 aliphatic heterocycles. The Hall–Kier alpha value is -4.35. The van der Waals surface area contributed by atoms with Gasteiger partial charge in [0.05, 0.1) is 45.1 Å². The summed E-state index contributed by atoms with van der Waals surface area (Å²) in [6, 6.07) is 14.0. The van der Waals surface area contributed by atoms with Crippen molar-refractivity contribution < 1.29 is 23.7 Å². The number of rotatable bonds is 15. The van der Waals surface area contributed by atoms with Crippen molar-refractivity contribution in [2.24, 2.45) is 0 Å². The molecule has 2 aromatic carbocycles. The van der Waals surface area contributed by atoms with Gasteiger partial charge in [0.15, 0.2) is 11.5 Å². The Kier molecular flexibility index (Phi) is 11.6. The summed E-state index contributed by atoms with van der Waals surface area (Å²) < 4.78 is 22.2. The Balaban J connectivity index is 1.36. The molecule has 0 aliphatic carbocycles. The van der Waals surface area contributed by atoms with E-state index in [4.69, 9.17) is 23.9 Å². The van der Waals surface area contributed by atoms with Crippen LogP contribution in [0.2, 0.25) is 0 Å². The van der Waals surface area contributed by atoms with Crippen LogP contribution in [0.25, 0.3) is 11.0 Å². The molecule has 11 heteroatoms. The number of imidazole rings is 1. The number of piperidine rings is 1. The van der Waals surface area contributed by atoms with Crippen molar-refractivity contribution in [2.45, 2.75) is 57.7 Å². The van der Waals surface area contributed by atoms with Crippen LogP contribution in [0.1, 0.15) is 60.5 Å². The van der Waals surface area contributed by atoms with Crippen LogP contribution >= 0.6 is 0 Å². The van der Waals surface area contributed by atoms with Crippen molar-refractivity contribution in [3.63, 3.8) is 0 Å². The first kappa shape index (κ1) is 34.0. The van der Waals surface area contributed by atoms with Crippen molar-refractivity contribution in [1.29, 1.82) is 0 Å². The number of hydrogen-bond donors (Lipinski definition) is 2. The number of amides is 1. The summed E-state index contributed by atoms with van der Waals surface area (Å²) in [7, 11) is 6.56. The summed E-state index contributed by atoms with van der Waals surface area (Å²) in [5, 5.41) is 3.66. The van der Waals surface area contributed by atoms with E-state index in [0.29, 0.717) is 36.0 Å². The van der Waals surface area contributed by atoms with Gasteiger partial charge in [-0.1, -0.05) is 19.1 Å². The molecule has 4 aromatic rings. The van der Waals surface area contributed by atoms with Crippen molar-refractivity contribution in [3.8, 4) is 17.2 Å². The molecule has 2 N–H and O–H groups in total. The molecule has 2 atom stereocenters. The first-order valence-electron chi connectivity index (χ1n) is 16.4. The summed E-state index contributed by atoms with van der Waals surface area (Å²) >= 11 is 0. The van der Waals surface area contributed by atoms with Gasteiger partial charge in [-0.2, -0.15) is 0 Å². The average Bonchev–Trinajstić information content (AvgIpc) is 3.53. The maximum Gasteiger partial charge on any atom is 0.255 e. The number of nitrogens with zero attached hydrogens (tertiary/aromatic N) is 4. The number of benzene rings is 2. The molecule has 1 fully saturated rings. The predicted octanol–water partition coefficient (Wildman–Crippen LogP) is 5.73. The van der Waals surface area contributed by atoms with Crippen molar-refractivity contribution >= 4 is 22.9 Å². The van der Waals surface area contributed by atoms with Gasteiger partial charge >= 0.3 is 0 Å². The lowest BCUT2D eigenvalue weighted by molar-refractivity contribution is 0.0200. The fourth-order valence-electron chi connectivity index (χ4n) is 6.72. The van der Waals surface area contributed by atoms with Crippen molar-refractivity contribution in [2.75, 3.05) is 60.0 Å². The number of anilines is 1. The molecule has 0 saturated carbocycles. The number of likely N-dealkylation sites (tertiary alicyclic amines) is 1. The Morgan fingerprint density at radius 1 is 1.04 bits per heavy atom. The molecule has 0 radical (unpaired) electrons. The van der Waals surface area contributed by atoms with Crippen LogP contribution in [0.15, 0.2) is 54.9 Å². The summed E-state index contributed by atoms with van der Waals surface area (Å²) in [5.41, 5.74) is 4.81. The molecule has 2 unspecified atom stereocenters. The van der Waals surface area contributed by atoms with E-state index in [2.05, 4.69) is 57.4 Å². The maximum absolute atomic E-state index is 14.2. The molecule has 1 aliphatic rings. The molecule has 47 heavy (non-hydrogen) atoms. The lowest BCUT2D eigenvalue weighted by Gasteiger charge is -2.45. The van der Waals surface area contributed by atoms with E-state index in [1.54, 1.807) is 33.5 Å². The summed E-state index contributed by atoms with van der Waals surface area (Å²) in [6.45, 7) is 7.21. The quantitative estimate of drug-likeness (QED) is 0.157. The van der Waals surface area contributed by atoms with Gasteiger partial charge in [-0.25, -0.2) is 4.98 Å². The summed E-state index contributed by atoms with van der Waals surface area (Å²) in [6.07, 6.45) is 6.95. The van der Waals surface area contributed by atoms with E-state index in [1.165, 1.54) is 5.56 Å². The molecule has 0 spiro atoms. The third kappa shape index (κ3) is 7.63. The number of pyridine rings is 1. The van der Waals surface area contributed by atoms with E-state index in [9.17, 15) is 4.79 Å². The second-order valence-corrected chi connectivity index (χ2v) is 11.8.